The van der Waals surface area contributed by atoms with Crippen LogP contribution in [0.1, 0.15) is 41.1 Å². The minimum absolute atomic E-state index is 0.213. The number of hydrogen-bond donors (Lipinski definition) is 1. The SMILES string of the molecule is COC(=O)COc1ccc(-n2cc(C(O)c3c(C4CC4)sc4cncn34)nn2)cn1. The molecule has 0 saturated heterocycles. The lowest BCUT2D eigenvalue weighted by molar-refractivity contribution is -0.143. The monoisotopic (exact) mass is 426 g/mol. The van der Waals surface area contributed by atoms with E-state index < -0.39 is 12.1 Å². The minimum atomic E-state index is -0.909. The number of esters is 1. The van der Waals surface area contributed by atoms with Crippen molar-refractivity contribution in [2.75, 3.05) is 13.7 Å². The van der Waals surface area contributed by atoms with Crippen LogP contribution >= 0.6 is 11.3 Å². The largest absolute Gasteiger partial charge is 0.466 e. The van der Waals surface area contributed by atoms with Crippen molar-refractivity contribution in [2.24, 2.45) is 0 Å². The predicted octanol–water partition coefficient (Wildman–Crippen LogP) is 1.88. The normalized spacial score (nSPS) is 14.7. The summed E-state index contributed by atoms with van der Waals surface area (Å²) in [6, 6.07) is 3.36. The second-order valence-corrected chi connectivity index (χ2v) is 8.00. The molecule has 1 aliphatic rings. The molecule has 1 atom stereocenters. The minimum Gasteiger partial charge on any atom is -0.466 e. The fourth-order valence-electron chi connectivity index (χ4n) is 3.18. The maximum Gasteiger partial charge on any atom is 0.343 e. The molecule has 0 bridgehead atoms. The van der Waals surface area contributed by atoms with E-state index in [1.54, 1.807) is 48.4 Å². The van der Waals surface area contributed by atoms with Gasteiger partial charge in [0.25, 0.3) is 0 Å². The molecule has 0 radical (unpaired) electrons. The highest BCUT2D eigenvalue weighted by atomic mass is 32.1. The fraction of sp³-hybridized carbons (Fsp3) is 0.316. The summed E-state index contributed by atoms with van der Waals surface area (Å²) in [4.78, 5) is 21.7. The topological polar surface area (TPSA) is 117 Å². The van der Waals surface area contributed by atoms with Crippen molar-refractivity contribution < 1.29 is 19.4 Å². The van der Waals surface area contributed by atoms with Gasteiger partial charge in [-0.1, -0.05) is 5.21 Å². The van der Waals surface area contributed by atoms with Crippen LogP contribution in [0.2, 0.25) is 0 Å². The Kier molecular flexibility index (Phi) is 4.68. The molecular formula is C19H18N6O4S. The van der Waals surface area contributed by atoms with E-state index in [1.807, 2.05) is 4.40 Å². The maximum atomic E-state index is 11.1. The summed E-state index contributed by atoms with van der Waals surface area (Å²) in [6.45, 7) is -0.213. The van der Waals surface area contributed by atoms with Crippen LogP contribution in [-0.2, 0) is 9.53 Å². The first kappa shape index (κ1) is 18.7. The fourth-order valence-corrected chi connectivity index (χ4v) is 4.48. The number of carbonyl (C=O) groups is 1. The van der Waals surface area contributed by atoms with Crippen LogP contribution in [-0.4, -0.2) is 54.2 Å². The molecule has 4 aromatic heterocycles. The lowest BCUT2D eigenvalue weighted by atomic mass is 10.1. The number of aromatic nitrogens is 6. The zero-order valence-electron chi connectivity index (χ0n) is 16.0. The van der Waals surface area contributed by atoms with E-state index in [9.17, 15) is 9.90 Å². The number of methoxy groups -OCH3 is 1. The molecule has 1 N–H and O–H groups in total. The van der Waals surface area contributed by atoms with Crippen LogP contribution in [0.5, 0.6) is 5.88 Å². The summed E-state index contributed by atoms with van der Waals surface area (Å²) in [5.74, 6) is 0.303. The average Bonchev–Trinajstić information content (AvgIpc) is 3.16. The van der Waals surface area contributed by atoms with E-state index in [0.29, 0.717) is 23.2 Å². The summed E-state index contributed by atoms with van der Waals surface area (Å²) in [5, 5.41) is 19.4. The lowest BCUT2D eigenvalue weighted by Gasteiger charge is -2.09. The first-order chi connectivity index (χ1) is 14.6. The highest BCUT2D eigenvalue weighted by Gasteiger charge is 2.33. The summed E-state index contributed by atoms with van der Waals surface area (Å²) < 4.78 is 13.2. The highest BCUT2D eigenvalue weighted by molar-refractivity contribution is 7.17. The zero-order valence-corrected chi connectivity index (χ0v) is 16.8. The Balaban J connectivity index is 1.37. The maximum absolute atomic E-state index is 11.1. The molecule has 1 unspecified atom stereocenters. The van der Waals surface area contributed by atoms with Crippen LogP contribution in [0.15, 0.2) is 37.1 Å². The van der Waals surface area contributed by atoms with Gasteiger partial charge in [-0.05, 0) is 24.8 Å². The third-order valence-corrected chi connectivity index (χ3v) is 6.15. The number of hydrogen-bond acceptors (Lipinski definition) is 9. The molecule has 154 valence electrons. The van der Waals surface area contributed by atoms with Gasteiger partial charge in [0.1, 0.15) is 23.0 Å². The number of thiazole rings is 1. The average molecular weight is 426 g/mol. The second kappa shape index (κ2) is 7.50. The smallest absolute Gasteiger partial charge is 0.343 e. The molecule has 5 rings (SSSR count). The molecule has 1 saturated carbocycles. The highest BCUT2D eigenvalue weighted by Crippen LogP contribution is 2.47. The number of carbonyl (C=O) groups excluding carboxylic acids is 1. The van der Waals surface area contributed by atoms with Gasteiger partial charge < -0.3 is 14.6 Å². The van der Waals surface area contributed by atoms with Crippen molar-refractivity contribution in [1.82, 2.24) is 29.4 Å². The molecule has 30 heavy (non-hydrogen) atoms. The summed E-state index contributed by atoms with van der Waals surface area (Å²) in [7, 11) is 1.29. The lowest BCUT2D eigenvalue weighted by Crippen LogP contribution is -2.13. The number of rotatable bonds is 7. The van der Waals surface area contributed by atoms with E-state index in [2.05, 4.69) is 25.0 Å². The molecule has 11 heteroatoms. The van der Waals surface area contributed by atoms with Crippen LogP contribution in [0.3, 0.4) is 0 Å². The first-order valence-electron chi connectivity index (χ1n) is 9.35. The van der Waals surface area contributed by atoms with Crippen LogP contribution < -0.4 is 4.74 Å². The number of aliphatic hydroxyl groups excluding tert-OH is 1. The van der Waals surface area contributed by atoms with Gasteiger partial charge in [-0.25, -0.2) is 19.4 Å². The quantitative estimate of drug-likeness (QED) is 0.445. The third-order valence-electron chi connectivity index (χ3n) is 4.88. The molecule has 0 aromatic carbocycles. The van der Waals surface area contributed by atoms with Crippen LogP contribution in [0.25, 0.3) is 10.5 Å². The number of imidazole rings is 1. The molecule has 10 nitrogen and oxygen atoms in total. The van der Waals surface area contributed by atoms with Crippen LogP contribution in [0, 0.1) is 0 Å². The van der Waals surface area contributed by atoms with Gasteiger partial charge in [0.05, 0.1) is 37.1 Å². The number of fused-ring (bicyclic) bond motifs is 1. The Morgan fingerprint density at radius 3 is 2.97 bits per heavy atom. The molecule has 1 aliphatic carbocycles. The zero-order chi connectivity index (χ0) is 20.7. The van der Waals surface area contributed by atoms with Gasteiger partial charge in [0, 0.05) is 10.9 Å². The summed E-state index contributed by atoms with van der Waals surface area (Å²) in [5.41, 5.74) is 1.90. The van der Waals surface area contributed by atoms with E-state index in [1.165, 1.54) is 16.7 Å². The number of pyridine rings is 1. The molecular weight excluding hydrogens is 408 g/mol. The molecule has 4 heterocycles. The van der Waals surface area contributed by atoms with Crippen molar-refractivity contribution in [3.8, 4) is 11.6 Å². The van der Waals surface area contributed by atoms with E-state index in [4.69, 9.17) is 4.74 Å². The van der Waals surface area contributed by atoms with E-state index >= 15 is 0 Å². The van der Waals surface area contributed by atoms with Gasteiger partial charge in [0.2, 0.25) is 5.88 Å². The van der Waals surface area contributed by atoms with Gasteiger partial charge in [-0.3, -0.25) is 4.40 Å². The molecule has 0 aliphatic heterocycles. The van der Waals surface area contributed by atoms with Crippen molar-refractivity contribution in [1.29, 1.82) is 0 Å². The molecule has 4 aromatic rings. The Labute approximate surface area is 174 Å². The number of nitrogens with zero attached hydrogens (tertiary/aromatic N) is 6. The van der Waals surface area contributed by atoms with Gasteiger partial charge in [0.15, 0.2) is 6.61 Å². The molecule has 0 spiro atoms. The van der Waals surface area contributed by atoms with E-state index in [-0.39, 0.29) is 6.61 Å². The van der Waals surface area contributed by atoms with Crippen molar-refractivity contribution >= 4 is 22.1 Å². The molecule has 1 fully saturated rings. The Hall–Kier alpha value is -3.31. The Morgan fingerprint density at radius 2 is 2.23 bits per heavy atom. The first-order valence-corrected chi connectivity index (χ1v) is 10.2. The standard InChI is InChI=1S/C19H18N6O4S/c1-28-16(26)9-29-14-5-4-12(6-21-14)25-8-13(22-23-25)18(27)17-19(11-2-3-11)30-15-7-20-10-24(15)17/h4-8,10-11,18,27H,2-3,9H2,1H3. The Bertz CT molecular complexity index is 1190. The van der Waals surface area contributed by atoms with Crippen molar-refractivity contribution in [2.45, 2.75) is 24.9 Å². The Morgan fingerprint density at radius 1 is 1.37 bits per heavy atom. The third kappa shape index (κ3) is 3.42. The van der Waals surface area contributed by atoms with E-state index in [0.717, 1.165) is 23.4 Å². The second-order valence-electron chi connectivity index (χ2n) is 6.94. The van der Waals surface area contributed by atoms with Gasteiger partial charge in [-0.15, -0.1) is 16.4 Å². The van der Waals surface area contributed by atoms with Crippen LogP contribution in [0.4, 0.5) is 0 Å². The number of ether oxygens (including phenoxy) is 2. The van der Waals surface area contributed by atoms with Gasteiger partial charge >= 0.3 is 5.97 Å². The number of aliphatic hydroxyl groups is 1. The summed E-state index contributed by atoms with van der Waals surface area (Å²) in [6.07, 6.45) is 8.11. The van der Waals surface area contributed by atoms with Crippen molar-refractivity contribution in [3.63, 3.8) is 0 Å². The van der Waals surface area contributed by atoms with Crippen molar-refractivity contribution in [3.05, 3.63) is 53.3 Å². The molecule has 0 amide bonds. The van der Waals surface area contributed by atoms with Gasteiger partial charge in [-0.2, -0.15) is 0 Å². The predicted molar refractivity (Wildman–Crippen MR) is 106 cm³/mol. The summed E-state index contributed by atoms with van der Waals surface area (Å²) >= 11 is 1.67.